The molecule has 5 nitrogen and oxygen atoms in total. The van der Waals surface area contributed by atoms with Crippen molar-refractivity contribution < 1.29 is 9.59 Å². The van der Waals surface area contributed by atoms with Gasteiger partial charge in [0.15, 0.2) is 5.78 Å². The van der Waals surface area contributed by atoms with Crippen LogP contribution in [0.3, 0.4) is 0 Å². The number of Topliss-reactive ketones (excluding diaryl/α,β-unsaturated/α-hetero) is 1. The van der Waals surface area contributed by atoms with E-state index in [4.69, 9.17) is 11.6 Å². The lowest BCUT2D eigenvalue weighted by molar-refractivity contribution is 0.101. The van der Waals surface area contributed by atoms with Gasteiger partial charge in [-0.3, -0.25) is 9.59 Å². The summed E-state index contributed by atoms with van der Waals surface area (Å²) < 4.78 is 0. The van der Waals surface area contributed by atoms with E-state index in [9.17, 15) is 9.59 Å². The Hall–Kier alpha value is -3.18. The van der Waals surface area contributed by atoms with Gasteiger partial charge in [-0.1, -0.05) is 29.8 Å². The third kappa shape index (κ3) is 4.71. The summed E-state index contributed by atoms with van der Waals surface area (Å²) in [7, 11) is 0. The van der Waals surface area contributed by atoms with Crippen LogP contribution in [0.2, 0.25) is 5.02 Å². The molecule has 1 heterocycles. The molecule has 136 valence electrons. The summed E-state index contributed by atoms with van der Waals surface area (Å²) in [5.41, 5.74) is 3.33. The minimum Gasteiger partial charge on any atom is -0.340 e. The molecule has 6 heteroatoms. The molecule has 0 bridgehead atoms. The van der Waals surface area contributed by atoms with E-state index >= 15 is 0 Å². The van der Waals surface area contributed by atoms with Gasteiger partial charge in [0, 0.05) is 28.2 Å². The van der Waals surface area contributed by atoms with Crippen molar-refractivity contribution in [3.63, 3.8) is 0 Å². The Bertz CT molecular complexity index is 1000. The van der Waals surface area contributed by atoms with Gasteiger partial charge in [0.1, 0.15) is 5.82 Å². The standard InChI is InChI=1S/C21H18ClN3O2/c1-13-6-8-18(11-19(13)22)24-20-9-7-16(12-23-20)21(27)25-17-5-3-4-15(10-17)14(2)26/h3-12H,1-2H3,(H,23,24)(H,25,27). The number of benzene rings is 2. The summed E-state index contributed by atoms with van der Waals surface area (Å²) in [6.45, 7) is 3.42. The highest BCUT2D eigenvalue weighted by Crippen LogP contribution is 2.22. The molecule has 0 aliphatic rings. The number of anilines is 3. The second-order valence-corrected chi connectivity index (χ2v) is 6.52. The van der Waals surface area contributed by atoms with Gasteiger partial charge in [-0.05, 0) is 55.8 Å². The van der Waals surface area contributed by atoms with Gasteiger partial charge in [-0.15, -0.1) is 0 Å². The van der Waals surface area contributed by atoms with Crippen molar-refractivity contribution in [2.24, 2.45) is 0 Å². The van der Waals surface area contributed by atoms with E-state index in [1.165, 1.54) is 13.1 Å². The van der Waals surface area contributed by atoms with E-state index in [2.05, 4.69) is 15.6 Å². The van der Waals surface area contributed by atoms with Gasteiger partial charge in [0.05, 0.1) is 5.56 Å². The van der Waals surface area contributed by atoms with E-state index in [0.29, 0.717) is 27.7 Å². The number of aromatic nitrogens is 1. The number of aryl methyl sites for hydroxylation is 1. The average molecular weight is 380 g/mol. The molecule has 3 aromatic rings. The number of halogens is 1. The van der Waals surface area contributed by atoms with Crippen LogP contribution in [0.1, 0.15) is 33.2 Å². The zero-order chi connectivity index (χ0) is 19.4. The maximum absolute atomic E-state index is 12.4. The number of carbonyl (C=O) groups excluding carboxylic acids is 2. The Morgan fingerprint density at radius 3 is 2.44 bits per heavy atom. The first kappa shape index (κ1) is 18.6. The number of nitrogens with zero attached hydrogens (tertiary/aromatic N) is 1. The molecular formula is C21H18ClN3O2. The molecule has 0 spiro atoms. The highest BCUT2D eigenvalue weighted by atomic mass is 35.5. The Morgan fingerprint density at radius 2 is 1.78 bits per heavy atom. The Labute approximate surface area is 162 Å². The topological polar surface area (TPSA) is 71.1 Å². The van der Waals surface area contributed by atoms with Gasteiger partial charge in [-0.25, -0.2) is 4.98 Å². The average Bonchev–Trinajstić information content (AvgIpc) is 2.65. The number of ketones is 1. The first-order valence-corrected chi connectivity index (χ1v) is 8.72. The molecule has 0 atom stereocenters. The first-order valence-electron chi connectivity index (χ1n) is 8.34. The molecule has 2 N–H and O–H groups in total. The third-order valence-corrected chi connectivity index (χ3v) is 4.40. The fourth-order valence-corrected chi connectivity index (χ4v) is 2.62. The van der Waals surface area contributed by atoms with Crippen molar-refractivity contribution in [3.8, 4) is 0 Å². The molecule has 0 aliphatic carbocycles. The summed E-state index contributed by atoms with van der Waals surface area (Å²) >= 11 is 6.12. The number of pyridine rings is 1. The number of carbonyl (C=O) groups is 2. The Balaban J connectivity index is 1.69. The molecule has 1 aromatic heterocycles. The number of hydrogen-bond acceptors (Lipinski definition) is 4. The molecule has 1 amide bonds. The van der Waals surface area contributed by atoms with Gasteiger partial charge < -0.3 is 10.6 Å². The predicted octanol–water partition coefficient (Wildman–Crippen LogP) is 5.24. The molecule has 0 saturated heterocycles. The summed E-state index contributed by atoms with van der Waals surface area (Å²) in [6, 6.07) is 15.8. The summed E-state index contributed by atoms with van der Waals surface area (Å²) in [5, 5.41) is 6.58. The molecule has 0 radical (unpaired) electrons. The highest BCUT2D eigenvalue weighted by Gasteiger charge is 2.08. The SMILES string of the molecule is CC(=O)c1cccc(NC(=O)c2ccc(Nc3ccc(C)c(Cl)c3)nc2)c1. The van der Waals surface area contributed by atoms with Crippen molar-refractivity contribution in [1.29, 1.82) is 0 Å². The highest BCUT2D eigenvalue weighted by molar-refractivity contribution is 6.31. The van der Waals surface area contributed by atoms with Crippen LogP contribution in [0.25, 0.3) is 0 Å². The Kier molecular flexibility index (Phi) is 5.52. The van der Waals surface area contributed by atoms with Crippen LogP contribution in [-0.2, 0) is 0 Å². The molecule has 0 aliphatic heterocycles. The van der Waals surface area contributed by atoms with Crippen LogP contribution in [0.15, 0.2) is 60.8 Å². The smallest absolute Gasteiger partial charge is 0.257 e. The lowest BCUT2D eigenvalue weighted by Gasteiger charge is -2.09. The number of nitrogens with one attached hydrogen (secondary N) is 2. The lowest BCUT2D eigenvalue weighted by atomic mass is 10.1. The van der Waals surface area contributed by atoms with E-state index in [1.807, 2.05) is 25.1 Å². The van der Waals surface area contributed by atoms with Crippen LogP contribution >= 0.6 is 11.6 Å². The molecule has 0 saturated carbocycles. The van der Waals surface area contributed by atoms with E-state index in [0.717, 1.165) is 11.3 Å². The monoisotopic (exact) mass is 379 g/mol. The first-order chi connectivity index (χ1) is 12.9. The maximum atomic E-state index is 12.4. The zero-order valence-electron chi connectivity index (χ0n) is 14.9. The quantitative estimate of drug-likeness (QED) is 0.594. The number of rotatable bonds is 5. The fraction of sp³-hybridized carbons (Fsp3) is 0.0952. The van der Waals surface area contributed by atoms with Crippen molar-refractivity contribution >= 4 is 40.5 Å². The van der Waals surface area contributed by atoms with Crippen LogP contribution in [0.4, 0.5) is 17.2 Å². The van der Waals surface area contributed by atoms with E-state index in [1.54, 1.807) is 36.4 Å². The number of amides is 1. The van der Waals surface area contributed by atoms with Gasteiger partial charge in [0.2, 0.25) is 0 Å². The van der Waals surface area contributed by atoms with Crippen LogP contribution < -0.4 is 10.6 Å². The molecule has 0 fully saturated rings. The molecule has 3 rings (SSSR count). The minimum absolute atomic E-state index is 0.0561. The van der Waals surface area contributed by atoms with Crippen molar-refractivity contribution in [1.82, 2.24) is 4.98 Å². The minimum atomic E-state index is -0.298. The van der Waals surface area contributed by atoms with Gasteiger partial charge in [-0.2, -0.15) is 0 Å². The van der Waals surface area contributed by atoms with Gasteiger partial charge in [0.25, 0.3) is 5.91 Å². The van der Waals surface area contributed by atoms with Crippen molar-refractivity contribution in [3.05, 3.63) is 82.5 Å². The predicted molar refractivity (Wildman–Crippen MR) is 108 cm³/mol. The summed E-state index contributed by atoms with van der Waals surface area (Å²) in [5.74, 6) is 0.248. The third-order valence-electron chi connectivity index (χ3n) is 4.00. The fourth-order valence-electron chi connectivity index (χ4n) is 2.44. The van der Waals surface area contributed by atoms with Crippen LogP contribution in [-0.4, -0.2) is 16.7 Å². The van der Waals surface area contributed by atoms with E-state index in [-0.39, 0.29) is 11.7 Å². The van der Waals surface area contributed by atoms with Crippen molar-refractivity contribution in [2.45, 2.75) is 13.8 Å². The van der Waals surface area contributed by atoms with Crippen LogP contribution in [0, 0.1) is 6.92 Å². The summed E-state index contributed by atoms with van der Waals surface area (Å²) in [4.78, 5) is 28.1. The maximum Gasteiger partial charge on any atom is 0.257 e. The molecule has 27 heavy (non-hydrogen) atoms. The molecular weight excluding hydrogens is 362 g/mol. The van der Waals surface area contributed by atoms with Crippen LogP contribution in [0.5, 0.6) is 0 Å². The van der Waals surface area contributed by atoms with E-state index < -0.39 is 0 Å². The normalized spacial score (nSPS) is 10.3. The largest absolute Gasteiger partial charge is 0.340 e. The molecule has 0 unspecified atom stereocenters. The van der Waals surface area contributed by atoms with Crippen molar-refractivity contribution in [2.75, 3.05) is 10.6 Å². The lowest BCUT2D eigenvalue weighted by Crippen LogP contribution is -2.12. The van der Waals surface area contributed by atoms with Gasteiger partial charge >= 0.3 is 0 Å². The zero-order valence-corrected chi connectivity index (χ0v) is 15.7. The molecule has 2 aromatic carbocycles. The second kappa shape index (κ2) is 8.01. The Morgan fingerprint density at radius 1 is 0.963 bits per heavy atom. The second-order valence-electron chi connectivity index (χ2n) is 6.11. The number of hydrogen-bond donors (Lipinski definition) is 2. The summed E-state index contributed by atoms with van der Waals surface area (Å²) in [6.07, 6.45) is 1.49.